The Kier molecular flexibility index (Phi) is 3.08. The number of carbonyl (C=O) groups excluding carboxylic acids is 1. The highest BCUT2D eigenvalue weighted by atomic mass is 19.1. The second-order valence-electron chi connectivity index (χ2n) is 4.76. The maximum atomic E-state index is 13.3. The molecule has 0 aliphatic heterocycles. The standard InChI is InChI=1S/C14H17FO/c1-11(16)12-5-4-6-13(9-12)14(10-15)7-2-3-8-14/h4-6,9H,2-3,7-8,10H2,1H3. The van der Waals surface area contributed by atoms with E-state index in [1.165, 1.54) is 0 Å². The number of benzene rings is 1. The monoisotopic (exact) mass is 220 g/mol. The van der Waals surface area contributed by atoms with E-state index in [1.807, 2.05) is 18.2 Å². The fourth-order valence-electron chi connectivity index (χ4n) is 2.62. The highest BCUT2D eigenvalue weighted by molar-refractivity contribution is 5.94. The van der Waals surface area contributed by atoms with Crippen LogP contribution < -0.4 is 0 Å². The van der Waals surface area contributed by atoms with Gasteiger partial charge >= 0.3 is 0 Å². The molecule has 0 atom stereocenters. The molecule has 0 radical (unpaired) electrons. The lowest BCUT2D eigenvalue weighted by atomic mass is 9.79. The zero-order valence-electron chi connectivity index (χ0n) is 9.63. The fraction of sp³-hybridized carbons (Fsp3) is 0.500. The van der Waals surface area contributed by atoms with Gasteiger partial charge in [0.15, 0.2) is 5.78 Å². The Balaban J connectivity index is 2.38. The van der Waals surface area contributed by atoms with Crippen molar-refractivity contribution in [1.29, 1.82) is 0 Å². The molecule has 1 aliphatic rings. The van der Waals surface area contributed by atoms with Crippen molar-refractivity contribution in [1.82, 2.24) is 0 Å². The molecule has 1 aliphatic carbocycles. The van der Waals surface area contributed by atoms with E-state index < -0.39 is 0 Å². The third-order valence-electron chi connectivity index (χ3n) is 3.70. The summed E-state index contributed by atoms with van der Waals surface area (Å²) in [4.78, 5) is 11.3. The van der Waals surface area contributed by atoms with Crippen LogP contribution in [-0.4, -0.2) is 12.5 Å². The summed E-state index contributed by atoms with van der Waals surface area (Å²) in [6, 6.07) is 7.49. The molecule has 2 heteroatoms. The Morgan fingerprint density at radius 2 is 2.06 bits per heavy atom. The van der Waals surface area contributed by atoms with Gasteiger partial charge in [0.1, 0.15) is 0 Å². The molecule has 0 amide bonds. The van der Waals surface area contributed by atoms with Crippen molar-refractivity contribution in [3.05, 3.63) is 35.4 Å². The van der Waals surface area contributed by atoms with E-state index in [-0.39, 0.29) is 17.9 Å². The number of hydrogen-bond donors (Lipinski definition) is 0. The zero-order valence-corrected chi connectivity index (χ0v) is 9.63. The molecule has 2 rings (SSSR count). The summed E-state index contributed by atoms with van der Waals surface area (Å²) >= 11 is 0. The van der Waals surface area contributed by atoms with Gasteiger partial charge in [-0.1, -0.05) is 31.0 Å². The van der Waals surface area contributed by atoms with Crippen molar-refractivity contribution in [2.45, 2.75) is 38.0 Å². The van der Waals surface area contributed by atoms with Gasteiger partial charge in [-0.25, -0.2) is 0 Å². The Labute approximate surface area is 95.7 Å². The Morgan fingerprint density at radius 1 is 1.38 bits per heavy atom. The molecule has 0 N–H and O–H groups in total. The van der Waals surface area contributed by atoms with Crippen LogP contribution in [0, 0.1) is 0 Å². The molecule has 0 spiro atoms. The summed E-state index contributed by atoms with van der Waals surface area (Å²) in [5.74, 6) is 0.0499. The van der Waals surface area contributed by atoms with E-state index in [0.717, 1.165) is 31.2 Å². The van der Waals surface area contributed by atoms with Gasteiger partial charge in [0.05, 0.1) is 6.67 Å². The minimum Gasteiger partial charge on any atom is -0.295 e. The molecular formula is C14H17FO. The molecule has 1 saturated carbocycles. The zero-order chi connectivity index (χ0) is 11.6. The van der Waals surface area contributed by atoms with Gasteiger partial charge in [0.2, 0.25) is 0 Å². The lowest BCUT2D eigenvalue weighted by Crippen LogP contribution is -2.24. The van der Waals surface area contributed by atoms with Crippen molar-refractivity contribution < 1.29 is 9.18 Å². The lowest BCUT2D eigenvalue weighted by molar-refractivity contribution is 0.101. The second-order valence-corrected chi connectivity index (χ2v) is 4.76. The van der Waals surface area contributed by atoms with Crippen LogP contribution in [0.2, 0.25) is 0 Å². The van der Waals surface area contributed by atoms with Crippen LogP contribution in [0.3, 0.4) is 0 Å². The van der Waals surface area contributed by atoms with E-state index in [2.05, 4.69) is 0 Å². The van der Waals surface area contributed by atoms with Crippen molar-refractivity contribution in [2.24, 2.45) is 0 Å². The van der Waals surface area contributed by atoms with Gasteiger partial charge in [-0.15, -0.1) is 0 Å². The second kappa shape index (κ2) is 4.36. The van der Waals surface area contributed by atoms with Crippen molar-refractivity contribution in [3.8, 4) is 0 Å². The highest BCUT2D eigenvalue weighted by Gasteiger charge is 2.35. The lowest BCUT2D eigenvalue weighted by Gasteiger charge is -2.26. The van der Waals surface area contributed by atoms with Crippen molar-refractivity contribution >= 4 is 5.78 Å². The normalized spacial score (nSPS) is 18.6. The van der Waals surface area contributed by atoms with Gasteiger partial charge in [-0.3, -0.25) is 9.18 Å². The number of ketones is 1. The van der Waals surface area contributed by atoms with E-state index in [0.29, 0.717) is 5.56 Å². The molecule has 1 aromatic carbocycles. The van der Waals surface area contributed by atoms with Crippen molar-refractivity contribution in [3.63, 3.8) is 0 Å². The van der Waals surface area contributed by atoms with E-state index in [9.17, 15) is 9.18 Å². The fourth-order valence-corrected chi connectivity index (χ4v) is 2.62. The van der Waals surface area contributed by atoms with Crippen LogP contribution >= 0.6 is 0 Å². The largest absolute Gasteiger partial charge is 0.295 e. The maximum Gasteiger partial charge on any atom is 0.159 e. The average Bonchev–Trinajstić information content (AvgIpc) is 2.79. The van der Waals surface area contributed by atoms with Crippen LogP contribution in [-0.2, 0) is 5.41 Å². The molecule has 0 heterocycles. The molecule has 0 unspecified atom stereocenters. The maximum absolute atomic E-state index is 13.3. The first kappa shape index (κ1) is 11.3. The van der Waals surface area contributed by atoms with Gasteiger partial charge in [0, 0.05) is 11.0 Å². The predicted octanol–water partition coefficient (Wildman–Crippen LogP) is 3.67. The molecule has 1 aromatic rings. The first-order valence-electron chi connectivity index (χ1n) is 5.85. The Bertz CT molecular complexity index is 391. The van der Waals surface area contributed by atoms with Crippen LogP contribution in [0.15, 0.2) is 24.3 Å². The minimum absolute atomic E-state index is 0.0499. The molecule has 86 valence electrons. The number of Topliss-reactive ketones (excluding diaryl/α,β-unsaturated/α-hetero) is 1. The summed E-state index contributed by atoms with van der Waals surface area (Å²) in [5.41, 5.74) is 1.38. The number of hydrogen-bond acceptors (Lipinski definition) is 1. The molecular weight excluding hydrogens is 203 g/mol. The van der Waals surface area contributed by atoms with Gasteiger partial charge in [0.25, 0.3) is 0 Å². The van der Waals surface area contributed by atoms with Crippen LogP contribution in [0.25, 0.3) is 0 Å². The Morgan fingerprint density at radius 3 is 2.62 bits per heavy atom. The summed E-state index contributed by atoms with van der Waals surface area (Å²) in [6.07, 6.45) is 4.00. The van der Waals surface area contributed by atoms with E-state index in [1.54, 1.807) is 13.0 Å². The number of rotatable bonds is 3. The third kappa shape index (κ3) is 1.89. The van der Waals surface area contributed by atoms with Crippen LogP contribution in [0.5, 0.6) is 0 Å². The van der Waals surface area contributed by atoms with Gasteiger partial charge in [-0.2, -0.15) is 0 Å². The number of halogens is 1. The van der Waals surface area contributed by atoms with E-state index in [4.69, 9.17) is 0 Å². The average molecular weight is 220 g/mol. The summed E-state index contributed by atoms with van der Waals surface area (Å²) < 4.78 is 13.3. The number of alkyl halides is 1. The molecule has 0 bridgehead atoms. The summed E-state index contributed by atoms with van der Waals surface area (Å²) in [6.45, 7) is 1.24. The topological polar surface area (TPSA) is 17.1 Å². The van der Waals surface area contributed by atoms with Crippen molar-refractivity contribution in [2.75, 3.05) is 6.67 Å². The quantitative estimate of drug-likeness (QED) is 0.710. The van der Waals surface area contributed by atoms with Gasteiger partial charge in [-0.05, 0) is 31.4 Å². The smallest absolute Gasteiger partial charge is 0.159 e. The first-order valence-corrected chi connectivity index (χ1v) is 5.85. The minimum atomic E-state index is -0.314. The summed E-state index contributed by atoms with van der Waals surface area (Å²) in [5, 5.41) is 0. The Hall–Kier alpha value is -1.18. The van der Waals surface area contributed by atoms with E-state index >= 15 is 0 Å². The third-order valence-corrected chi connectivity index (χ3v) is 3.70. The molecule has 1 nitrogen and oxygen atoms in total. The molecule has 0 aromatic heterocycles. The van der Waals surface area contributed by atoms with Crippen LogP contribution in [0.1, 0.15) is 48.5 Å². The van der Waals surface area contributed by atoms with Gasteiger partial charge < -0.3 is 0 Å². The highest BCUT2D eigenvalue weighted by Crippen LogP contribution is 2.41. The van der Waals surface area contributed by atoms with Crippen LogP contribution in [0.4, 0.5) is 4.39 Å². The summed E-state index contributed by atoms with van der Waals surface area (Å²) in [7, 11) is 0. The first-order chi connectivity index (χ1) is 7.68. The molecule has 0 saturated heterocycles. The molecule has 16 heavy (non-hydrogen) atoms. The SMILES string of the molecule is CC(=O)c1cccc(C2(CF)CCCC2)c1. The number of carbonyl (C=O) groups is 1. The molecule has 1 fully saturated rings. The predicted molar refractivity (Wildman–Crippen MR) is 62.6 cm³/mol.